The monoisotopic (exact) mass is 483 g/mol. The fraction of sp³-hybridized carbons (Fsp3) is 0.364. The van der Waals surface area contributed by atoms with Crippen LogP contribution >= 0.6 is 0 Å². The van der Waals surface area contributed by atoms with Gasteiger partial charge in [-0.05, 0) is 19.4 Å². The Labute approximate surface area is 201 Å². The number of unbranched alkanes of at least 4 members (excludes halogenated alkanes) is 1. The molecule has 2 aromatic carbocycles. The van der Waals surface area contributed by atoms with E-state index < -0.39 is 38.4 Å². The van der Waals surface area contributed by atoms with Crippen molar-refractivity contribution in [1.29, 1.82) is 5.26 Å². The number of hydrogen-bond acceptors (Lipinski definition) is 10. The van der Waals surface area contributed by atoms with E-state index in [1.54, 1.807) is 12.1 Å². The number of rotatable bonds is 11. The molecular weight excluding hydrogens is 458 g/mol. The van der Waals surface area contributed by atoms with Crippen LogP contribution in [0.4, 0.5) is 34.1 Å². The number of carbonyl (C=O) groups excluding carboxylic acids is 1. The number of nitriles is 1. The minimum Gasteiger partial charge on any atom is -0.495 e. The summed E-state index contributed by atoms with van der Waals surface area (Å²) >= 11 is 0. The summed E-state index contributed by atoms with van der Waals surface area (Å²) in [7, 11) is 1.45. The van der Waals surface area contributed by atoms with Gasteiger partial charge in [0, 0.05) is 25.1 Å². The molecule has 0 unspecified atom stereocenters. The topological polar surface area (TPSA) is 185 Å². The highest BCUT2D eigenvalue weighted by atomic mass is 16.6. The zero-order valence-corrected chi connectivity index (χ0v) is 19.7. The van der Waals surface area contributed by atoms with Gasteiger partial charge in [0.25, 0.3) is 5.69 Å². The number of azo groups is 1. The quantitative estimate of drug-likeness (QED) is 0.230. The molecule has 0 heterocycles. The van der Waals surface area contributed by atoms with E-state index in [9.17, 15) is 30.3 Å². The van der Waals surface area contributed by atoms with E-state index in [0.29, 0.717) is 17.5 Å². The van der Waals surface area contributed by atoms with Crippen molar-refractivity contribution in [3.05, 3.63) is 50.1 Å². The van der Waals surface area contributed by atoms with Crippen molar-refractivity contribution < 1.29 is 19.4 Å². The van der Waals surface area contributed by atoms with Crippen LogP contribution in [0, 0.1) is 31.6 Å². The van der Waals surface area contributed by atoms with Crippen LogP contribution in [0.2, 0.25) is 0 Å². The third kappa shape index (κ3) is 6.94. The lowest BCUT2D eigenvalue weighted by atomic mass is 10.1. The number of benzene rings is 2. The average Bonchev–Trinajstić information content (AvgIpc) is 2.81. The number of nitrogens with zero attached hydrogens (tertiary/aromatic N) is 5. The fourth-order valence-electron chi connectivity index (χ4n) is 3.21. The summed E-state index contributed by atoms with van der Waals surface area (Å²) in [6, 6.07) is 6.45. The van der Waals surface area contributed by atoms with Gasteiger partial charge in [0.15, 0.2) is 5.69 Å². The van der Waals surface area contributed by atoms with Crippen LogP contribution in [0.1, 0.15) is 45.6 Å². The van der Waals surface area contributed by atoms with E-state index in [0.717, 1.165) is 25.3 Å². The molecule has 1 amide bonds. The highest BCUT2D eigenvalue weighted by Gasteiger charge is 2.25. The van der Waals surface area contributed by atoms with Gasteiger partial charge in [-0.2, -0.15) is 5.26 Å². The molecule has 0 fully saturated rings. The smallest absolute Gasteiger partial charge is 0.304 e. The van der Waals surface area contributed by atoms with Gasteiger partial charge in [0.05, 0.1) is 40.0 Å². The molecule has 2 aromatic rings. The number of nitro benzene ring substituents is 2. The molecule has 2 rings (SSSR count). The summed E-state index contributed by atoms with van der Waals surface area (Å²) in [4.78, 5) is 32.6. The SMILES string of the molecule is CCCC[C@@H](C)Nc1cc(NC(C)=O)c(N=Nc2c(C#N)cc([N+](=O)[O-])cc2[N+](=O)[O-])cc1OC. The van der Waals surface area contributed by atoms with E-state index in [-0.39, 0.29) is 17.4 Å². The zero-order chi connectivity index (χ0) is 26.1. The largest absolute Gasteiger partial charge is 0.495 e. The first-order valence-corrected chi connectivity index (χ1v) is 10.7. The molecular formula is C22H25N7O6. The van der Waals surface area contributed by atoms with Crippen LogP contribution in [0.5, 0.6) is 5.75 Å². The third-order valence-corrected chi connectivity index (χ3v) is 4.88. The van der Waals surface area contributed by atoms with Crippen LogP contribution in [0.25, 0.3) is 0 Å². The highest BCUT2D eigenvalue weighted by Crippen LogP contribution is 2.40. The molecule has 0 aliphatic rings. The molecule has 0 bridgehead atoms. The number of hydrogen-bond donors (Lipinski definition) is 2. The molecule has 0 saturated heterocycles. The molecule has 2 N–H and O–H groups in total. The Kier molecular flexibility index (Phi) is 9.16. The van der Waals surface area contributed by atoms with E-state index in [4.69, 9.17) is 4.74 Å². The normalized spacial score (nSPS) is 11.5. The maximum Gasteiger partial charge on any atom is 0.304 e. The lowest BCUT2D eigenvalue weighted by Gasteiger charge is -2.19. The summed E-state index contributed by atoms with van der Waals surface area (Å²) in [5.41, 5.74) is -1.29. The molecule has 184 valence electrons. The Balaban J connectivity index is 2.61. The molecule has 0 aliphatic heterocycles. The van der Waals surface area contributed by atoms with Gasteiger partial charge in [-0.15, -0.1) is 10.2 Å². The van der Waals surface area contributed by atoms with Crippen LogP contribution in [0.15, 0.2) is 34.5 Å². The Hall–Kier alpha value is -4.60. The molecule has 0 aromatic heterocycles. The molecule has 13 heteroatoms. The summed E-state index contributed by atoms with van der Waals surface area (Å²) < 4.78 is 5.44. The highest BCUT2D eigenvalue weighted by molar-refractivity contribution is 5.93. The number of anilines is 2. The second kappa shape index (κ2) is 12.0. The average molecular weight is 483 g/mol. The van der Waals surface area contributed by atoms with E-state index in [1.165, 1.54) is 20.1 Å². The predicted octanol–water partition coefficient (Wildman–Crippen LogP) is 5.75. The molecule has 1 atom stereocenters. The summed E-state index contributed by atoms with van der Waals surface area (Å²) in [6.45, 7) is 5.41. The van der Waals surface area contributed by atoms with Crippen LogP contribution in [-0.4, -0.2) is 28.9 Å². The van der Waals surface area contributed by atoms with Crippen molar-refractivity contribution in [2.75, 3.05) is 17.7 Å². The number of amides is 1. The zero-order valence-electron chi connectivity index (χ0n) is 19.7. The van der Waals surface area contributed by atoms with Crippen molar-refractivity contribution in [1.82, 2.24) is 0 Å². The van der Waals surface area contributed by atoms with E-state index in [1.807, 2.05) is 6.92 Å². The van der Waals surface area contributed by atoms with Crippen molar-refractivity contribution >= 4 is 40.0 Å². The van der Waals surface area contributed by atoms with Gasteiger partial charge in [0.1, 0.15) is 17.5 Å². The second-order valence-electron chi connectivity index (χ2n) is 7.63. The van der Waals surface area contributed by atoms with E-state index >= 15 is 0 Å². The molecule has 0 spiro atoms. The van der Waals surface area contributed by atoms with Crippen molar-refractivity contribution in [2.24, 2.45) is 10.2 Å². The second-order valence-corrected chi connectivity index (χ2v) is 7.63. The number of nitrogens with one attached hydrogen (secondary N) is 2. The molecule has 0 saturated carbocycles. The Bertz CT molecular complexity index is 1210. The fourth-order valence-corrected chi connectivity index (χ4v) is 3.21. The lowest BCUT2D eigenvalue weighted by molar-refractivity contribution is -0.393. The van der Waals surface area contributed by atoms with Crippen LogP contribution in [-0.2, 0) is 4.79 Å². The maximum absolute atomic E-state index is 11.8. The van der Waals surface area contributed by atoms with Gasteiger partial charge < -0.3 is 15.4 Å². The number of methoxy groups -OCH3 is 1. The summed E-state index contributed by atoms with van der Waals surface area (Å²) in [6.07, 6.45) is 2.98. The summed E-state index contributed by atoms with van der Waals surface area (Å²) in [5.74, 6) is -0.00858. The minimum atomic E-state index is -0.887. The molecule has 0 aliphatic carbocycles. The first-order chi connectivity index (χ1) is 16.6. The Morgan fingerprint density at radius 1 is 1.17 bits per heavy atom. The lowest BCUT2D eigenvalue weighted by Crippen LogP contribution is -2.16. The number of nitro groups is 2. The van der Waals surface area contributed by atoms with Gasteiger partial charge in [-0.3, -0.25) is 25.0 Å². The van der Waals surface area contributed by atoms with Crippen LogP contribution < -0.4 is 15.4 Å². The van der Waals surface area contributed by atoms with Gasteiger partial charge in [0.2, 0.25) is 5.91 Å². The molecule has 0 radical (unpaired) electrons. The summed E-state index contributed by atoms with van der Waals surface area (Å²) in [5, 5.41) is 45.8. The molecule has 35 heavy (non-hydrogen) atoms. The van der Waals surface area contributed by atoms with Gasteiger partial charge in [-0.25, -0.2) is 0 Å². The molecule has 13 nitrogen and oxygen atoms in total. The Morgan fingerprint density at radius 3 is 2.43 bits per heavy atom. The maximum atomic E-state index is 11.8. The van der Waals surface area contributed by atoms with Crippen LogP contribution in [0.3, 0.4) is 0 Å². The van der Waals surface area contributed by atoms with Gasteiger partial charge >= 0.3 is 5.69 Å². The number of non-ortho nitro benzene ring substituents is 1. The third-order valence-electron chi connectivity index (χ3n) is 4.88. The van der Waals surface area contributed by atoms with Crippen molar-refractivity contribution in [3.8, 4) is 11.8 Å². The van der Waals surface area contributed by atoms with Crippen molar-refractivity contribution in [2.45, 2.75) is 46.1 Å². The number of carbonyl (C=O) groups is 1. The first-order valence-electron chi connectivity index (χ1n) is 10.7. The van der Waals surface area contributed by atoms with E-state index in [2.05, 4.69) is 27.8 Å². The standard InChI is InChI=1S/C22H25N7O6/c1-5-6-7-13(2)24-19-10-17(25-14(3)30)18(11-21(19)35-4)26-27-22-15(12-23)8-16(28(31)32)9-20(22)29(33)34/h8-11,13,24H,5-7H2,1-4H3,(H,25,30)/t13-/m1/s1. The predicted molar refractivity (Wildman–Crippen MR) is 129 cm³/mol. The minimum absolute atomic E-state index is 0.0975. The van der Waals surface area contributed by atoms with Gasteiger partial charge in [-0.1, -0.05) is 19.8 Å². The van der Waals surface area contributed by atoms with Crippen molar-refractivity contribution in [3.63, 3.8) is 0 Å². The number of ether oxygens (including phenoxy) is 1. The Morgan fingerprint density at radius 2 is 1.89 bits per heavy atom. The first kappa shape index (κ1) is 26.7.